The Bertz CT molecular complexity index is 771. The van der Waals surface area contributed by atoms with Gasteiger partial charge in [0.1, 0.15) is 0 Å². The van der Waals surface area contributed by atoms with Crippen LogP contribution < -0.4 is 5.73 Å². The zero-order chi connectivity index (χ0) is 17.0. The second-order valence-electron chi connectivity index (χ2n) is 4.26. The number of hydrogen-bond acceptors (Lipinski definition) is 5. The SMILES string of the molecule is N/C(=N\OC(=O)c1ccc([N+](=O)[O-])cc1)c1c(Cl)cccc1Cl. The molecule has 2 rings (SSSR count). The molecule has 9 heteroatoms. The molecule has 2 aromatic rings. The van der Waals surface area contributed by atoms with Gasteiger partial charge in [-0.15, -0.1) is 0 Å². The first-order chi connectivity index (χ1) is 10.9. The molecule has 0 radical (unpaired) electrons. The fourth-order valence-corrected chi connectivity index (χ4v) is 2.24. The van der Waals surface area contributed by atoms with Crippen molar-refractivity contribution in [1.82, 2.24) is 0 Å². The third kappa shape index (κ3) is 3.97. The van der Waals surface area contributed by atoms with Crippen LogP contribution in [0.5, 0.6) is 0 Å². The number of carbonyl (C=O) groups is 1. The first-order valence-corrected chi connectivity index (χ1v) is 6.89. The number of amidine groups is 1. The van der Waals surface area contributed by atoms with Gasteiger partial charge in [-0.05, 0) is 24.3 Å². The molecule has 0 heterocycles. The zero-order valence-electron chi connectivity index (χ0n) is 11.4. The lowest BCUT2D eigenvalue weighted by Gasteiger charge is -2.05. The van der Waals surface area contributed by atoms with Crippen molar-refractivity contribution >= 4 is 40.7 Å². The van der Waals surface area contributed by atoms with E-state index in [2.05, 4.69) is 5.16 Å². The van der Waals surface area contributed by atoms with Gasteiger partial charge >= 0.3 is 5.97 Å². The number of non-ortho nitro benzene ring substituents is 1. The summed E-state index contributed by atoms with van der Waals surface area (Å²) in [5, 5.41) is 14.5. The quantitative estimate of drug-likeness (QED) is 0.298. The van der Waals surface area contributed by atoms with Crippen molar-refractivity contribution in [3.8, 4) is 0 Å². The average Bonchev–Trinajstić information content (AvgIpc) is 2.52. The molecule has 2 aromatic carbocycles. The Morgan fingerprint density at radius 2 is 1.70 bits per heavy atom. The Hall–Kier alpha value is -2.64. The molecule has 0 aliphatic rings. The summed E-state index contributed by atoms with van der Waals surface area (Å²) in [5.41, 5.74) is 5.88. The van der Waals surface area contributed by atoms with Crippen molar-refractivity contribution < 1.29 is 14.6 Å². The molecule has 0 bridgehead atoms. The van der Waals surface area contributed by atoms with Crippen LogP contribution in [-0.4, -0.2) is 16.7 Å². The van der Waals surface area contributed by atoms with Crippen molar-refractivity contribution in [2.45, 2.75) is 0 Å². The minimum Gasteiger partial charge on any atom is -0.380 e. The second-order valence-corrected chi connectivity index (χ2v) is 5.07. The lowest BCUT2D eigenvalue weighted by molar-refractivity contribution is -0.384. The van der Waals surface area contributed by atoms with Gasteiger partial charge in [0, 0.05) is 12.1 Å². The standard InChI is InChI=1S/C14H9Cl2N3O4/c15-10-2-1-3-11(16)12(10)13(17)18-23-14(20)8-4-6-9(7-5-8)19(21)22/h1-7H,(H2,17,18). The summed E-state index contributed by atoms with van der Waals surface area (Å²) in [5.74, 6) is -0.998. The maximum atomic E-state index is 11.8. The maximum absolute atomic E-state index is 11.8. The Morgan fingerprint density at radius 3 is 2.22 bits per heavy atom. The number of halogens is 2. The number of nitro benzene ring substituents is 1. The first kappa shape index (κ1) is 16.7. The van der Waals surface area contributed by atoms with E-state index in [0.717, 1.165) is 0 Å². The summed E-state index contributed by atoms with van der Waals surface area (Å²) < 4.78 is 0. The number of nitrogens with zero attached hydrogens (tertiary/aromatic N) is 2. The monoisotopic (exact) mass is 353 g/mol. The maximum Gasteiger partial charge on any atom is 0.365 e. The minimum absolute atomic E-state index is 0.0809. The summed E-state index contributed by atoms with van der Waals surface area (Å²) in [6.07, 6.45) is 0. The van der Waals surface area contributed by atoms with Gasteiger partial charge in [0.2, 0.25) is 0 Å². The largest absolute Gasteiger partial charge is 0.380 e. The fourth-order valence-electron chi connectivity index (χ4n) is 1.65. The number of oxime groups is 1. The van der Waals surface area contributed by atoms with E-state index in [4.69, 9.17) is 33.8 Å². The fraction of sp³-hybridized carbons (Fsp3) is 0. The van der Waals surface area contributed by atoms with Crippen LogP contribution in [0.3, 0.4) is 0 Å². The molecular weight excluding hydrogens is 345 g/mol. The van der Waals surface area contributed by atoms with Crippen LogP contribution in [0, 0.1) is 10.1 Å². The van der Waals surface area contributed by atoms with E-state index in [9.17, 15) is 14.9 Å². The molecule has 0 aromatic heterocycles. The molecule has 0 aliphatic heterocycles. The van der Waals surface area contributed by atoms with Gasteiger partial charge in [-0.1, -0.05) is 34.4 Å². The van der Waals surface area contributed by atoms with Crippen LogP contribution in [0.4, 0.5) is 5.69 Å². The van der Waals surface area contributed by atoms with Gasteiger partial charge < -0.3 is 10.6 Å². The highest BCUT2D eigenvalue weighted by Crippen LogP contribution is 2.24. The van der Waals surface area contributed by atoms with E-state index in [1.165, 1.54) is 24.3 Å². The van der Waals surface area contributed by atoms with Gasteiger partial charge in [0.25, 0.3) is 5.69 Å². The highest BCUT2D eigenvalue weighted by atomic mass is 35.5. The number of nitro groups is 1. The van der Waals surface area contributed by atoms with Gasteiger partial charge in [-0.25, -0.2) is 4.79 Å². The number of benzene rings is 2. The molecule has 23 heavy (non-hydrogen) atoms. The highest BCUT2D eigenvalue weighted by molar-refractivity contribution is 6.39. The second kappa shape index (κ2) is 7.08. The molecule has 0 fully saturated rings. The van der Waals surface area contributed by atoms with Gasteiger partial charge in [-0.2, -0.15) is 0 Å². The normalized spacial score (nSPS) is 11.1. The summed E-state index contributed by atoms with van der Waals surface area (Å²) in [4.78, 5) is 26.5. The van der Waals surface area contributed by atoms with Gasteiger partial charge in [-0.3, -0.25) is 10.1 Å². The predicted octanol–water partition coefficient (Wildman–Crippen LogP) is 3.38. The van der Waals surface area contributed by atoms with Crippen molar-refractivity contribution in [1.29, 1.82) is 0 Å². The first-order valence-electron chi connectivity index (χ1n) is 6.14. The summed E-state index contributed by atoms with van der Waals surface area (Å²) in [7, 11) is 0. The molecule has 118 valence electrons. The third-order valence-corrected chi connectivity index (χ3v) is 3.39. The Labute approximate surface area is 140 Å². The Balaban J connectivity index is 2.15. The van der Waals surface area contributed by atoms with E-state index in [0.29, 0.717) is 0 Å². The number of rotatable bonds is 4. The molecule has 0 spiro atoms. The Kier molecular flexibility index (Phi) is 5.15. The molecule has 7 nitrogen and oxygen atoms in total. The van der Waals surface area contributed by atoms with Gasteiger partial charge in [0.05, 0.1) is 26.1 Å². The van der Waals surface area contributed by atoms with E-state index in [1.54, 1.807) is 18.2 Å². The van der Waals surface area contributed by atoms with Crippen molar-refractivity contribution in [3.05, 3.63) is 73.8 Å². The number of carbonyl (C=O) groups excluding carboxylic acids is 1. The Morgan fingerprint density at radius 1 is 1.13 bits per heavy atom. The predicted molar refractivity (Wildman–Crippen MR) is 85.7 cm³/mol. The van der Waals surface area contributed by atoms with Crippen LogP contribution in [-0.2, 0) is 4.84 Å². The number of nitrogens with two attached hydrogens (primary N) is 1. The van der Waals surface area contributed by atoms with Crippen LogP contribution in [0.15, 0.2) is 47.6 Å². The topological polar surface area (TPSA) is 108 Å². The molecule has 0 aliphatic carbocycles. The van der Waals surface area contributed by atoms with Crippen LogP contribution in [0.25, 0.3) is 0 Å². The molecule has 2 N–H and O–H groups in total. The van der Waals surface area contributed by atoms with Crippen LogP contribution in [0.1, 0.15) is 15.9 Å². The number of hydrogen-bond donors (Lipinski definition) is 1. The van der Waals surface area contributed by atoms with E-state index in [-0.39, 0.29) is 32.7 Å². The third-order valence-electron chi connectivity index (χ3n) is 2.76. The average molecular weight is 354 g/mol. The van der Waals surface area contributed by atoms with Gasteiger partial charge in [0.15, 0.2) is 5.84 Å². The molecule has 0 amide bonds. The zero-order valence-corrected chi connectivity index (χ0v) is 12.9. The lowest BCUT2D eigenvalue weighted by atomic mass is 10.2. The van der Waals surface area contributed by atoms with E-state index < -0.39 is 10.9 Å². The molecule has 0 atom stereocenters. The van der Waals surface area contributed by atoms with Crippen molar-refractivity contribution in [3.63, 3.8) is 0 Å². The van der Waals surface area contributed by atoms with Crippen molar-refractivity contribution in [2.75, 3.05) is 0 Å². The van der Waals surface area contributed by atoms with Crippen LogP contribution in [0.2, 0.25) is 10.0 Å². The minimum atomic E-state index is -0.828. The summed E-state index contributed by atoms with van der Waals surface area (Å²) in [6, 6.07) is 9.59. The molecular formula is C14H9Cl2N3O4. The smallest absolute Gasteiger partial charge is 0.365 e. The molecule has 0 saturated heterocycles. The van der Waals surface area contributed by atoms with Crippen molar-refractivity contribution in [2.24, 2.45) is 10.9 Å². The van der Waals surface area contributed by atoms with E-state index in [1.807, 2.05) is 0 Å². The molecule has 0 saturated carbocycles. The van der Waals surface area contributed by atoms with E-state index >= 15 is 0 Å². The summed E-state index contributed by atoms with van der Waals surface area (Å²) >= 11 is 11.9. The lowest BCUT2D eigenvalue weighted by Crippen LogP contribution is -2.16. The molecule has 0 unspecified atom stereocenters. The summed E-state index contributed by atoms with van der Waals surface area (Å²) in [6.45, 7) is 0. The highest BCUT2D eigenvalue weighted by Gasteiger charge is 2.13. The van der Waals surface area contributed by atoms with Crippen LogP contribution >= 0.6 is 23.2 Å².